The van der Waals surface area contributed by atoms with Crippen molar-refractivity contribution in [3.8, 4) is 28.3 Å². The summed E-state index contributed by atoms with van der Waals surface area (Å²) in [5.41, 5.74) is 8.37. The number of thiazole rings is 1. The van der Waals surface area contributed by atoms with Gasteiger partial charge in [0, 0.05) is 17.1 Å². The monoisotopic (exact) mass is 666 g/mol. The second-order valence-corrected chi connectivity index (χ2v) is 13.8. The molecule has 0 amide bonds. The molecule has 1 fully saturated rings. The number of benzene rings is 1. The molecule has 12 nitrogen and oxygen atoms in total. The van der Waals surface area contributed by atoms with Gasteiger partial charge in [0.2, 0.25) is 15.9 Å². The van der Waals surface area contributed by atoms with Crippen molar-refractivity contribution in [2.75, 3.05) is 17.6 Å². The summed E-state index contributed by atoms with van der Waals surface area (Å²) < 4.78 is 50.9. The van der Waals surface area contributed by atoms with Gasteiger partial charge in [-0.05, 0) is 55.2 Å². The summed E-state index contributed by atoms with van der Waals surface area (Å²) >= 11 is 7.66. The van der Waals surface area contributed by atoms with E-state index in [0.29, 0.717) is 51.1 Å². The number of hydrogen-bond donors (Lipinski definition) is 2. The van der Waals surface area contributed by atoms with Gasteiger partial charge in [-0.15, -0.1) is 11.3 Å². The van der Waals surface area contributed by atoms with Gasteiger partial charge in [-0.3, -0.25) is 13.9 Å². The lowest BCUT2D eigenvalue weighted by atomic mass is 9.97. The van der Waals surface area contributed by atoms with Crippen LogP contribution in [0.3, 0.4) is 0 Å². The van der Waals surface area contributed by atoms with E-state index >= 15 is 0 Å². The molecule has 45 heavy (non-hydrogen) atoms. The van der Waals surface area contributed by atoms with Crippen molar-refractivity contribution in [1.29, 1.82) is 0 Å². The van der Waals surface area contributed by atoms with Crippen molar-refractivity contribution in [2.45, 2.75) is 31.1 Å². The number of rotatable bonds is 8. The molecule has 1 aliphatic carbocycles. The Balaban J connectivity index is 1.43. The molecule has 0 spiro atoms. The zero-order valence-electron chi connectivity index (χ0n) is 23.7. The number of nitrogens with zero attached hydrogens (tertiary/aromatic N) is 6. The van der Waals surface area contributed by atoms with Crippen LogP contribution < -0.4 is 20.8 Å². The molecule has 7 rings (SSSR count). The van der Waals surface area contributed by atoms with Crippen molar-refractivity contribution in [3.63, 3.8) is 0 Å². The zero-order valence-corrected chi connectivity index (χ0v) is 26.1. The largest absolute Gasteiger partial charge is 0.480 e. The number of ether oxygens (including phenoxy) is 1. The summed E-state index contributed by atoms with van der Waals surface area (Å²) in [5.74, 6) is -0.276. The third kappa shape index (κ3) is 4.96. The van der Waals surface area contributed by atoms with E-state index in [1.54, 1.807) is 22.2 Å². The van der Waals surface area contributed by atoms with Crippen LogP contribution >= 0.6 is 22.9 Å². The smallest absolute Gasteiger partial charge is 0.265 e. The van der Waals surface area contributed by atoms with Crippen LogP contribution in [0.2, 0.25) is 5.15 Å². The molecule has 5 aromatic heterocycles. The molecule has 16 heteroatoms. The molecule has 0 aliphatic heterocycles. The maximum absolute atomic E-state index is 14.4. The second-order valence-electron chi connectivity index (χ2n) is 10.6. The highest BCUT2D eigenvalue weighted by molar-refractivity contribution is 7.93. The first kappa shape index (κ1) is 29.1. The number of nitrogens with one attached hydrogen (secondary N) is 1. The molecular formula is C29H24ClFN8O4S2. The molecular weight excluding hydrogens is 643 g/mol. The van der Waals surface area contributed by atoms with Gasteiger partial charge in [-0.25, -0.2) is 32.4 Å². The van der Waals surface area contributed by atoms with Crippen LogP contribution in [-0.4, -0.2) is 49.9 Å². The van der Waals surface area contributed by atoms with Crippen LogP contribution in [0.15, 0.2) is 59.1 Å². The fourth-order valence-corrected chi connectivity index (χ4v) is 7.88. The van der Waals surface area contributed by atoms with Crippen molar-refractivity contribution in [1.82, 2.24) is 29.1 Å². The van der Waals surface area contributed by atoms with Crippen molar-refractivity contribution < 1.29 is 17.5 Å². The molecule has 0 bridgehead atoms. The van der Waals surface area contributed by atoms with Crippen molar-refractivity contribution >= 4 is 60.3 Å². The van der Waals surface area contributed by atoms with Crippen molar-refractivity contribution in [3.05, 3.63) is 81.2 Å². The van der Waals surface area contributed by atoms with Gasteiger partial charge < -0.3 is 10.5 Å². The molecule has 1 atom stereocenters. The minimum absolute atomic E-state index is 0.0902. The van der Waals surface area contributed by atoms with Gasteiger partial charge >= 0.3 is 0 Å². The maximum Gasteiger partial charge on any atom is 0.265 e. The zero-order chi connectivity index (χ0) is 31.6. The Morgan fingerprint density at radius 3 is 2.71 bits per heavy atom. The standard InChI is InChI=1S/C29H24ClFN8O4S2/c1-14(19-10-22-38(21(30)12-44-22)29(40)23(19)15-4-3-5-17(31)8-15)39-27-24(26(32)34-13-35-27)25(36-39)16-9-20(28(43-2)33-11-16)37-45(41,42)18-6-7-18/h3-5,8-14,18,37H,6-7H2,1-2H3,(H2,32,34,35)/t14-/m0/s1. The van der Waals surface area contributed by atoms with E-state index in [0.717, 1.165) is 0 Å². The Labute approximate surface area is 264 Å². The van der Waals surface area contributed by atoms with E-state index in [1.807, 2.05) is 13.0 Å². The number of nitrogen functional groups attached to an aromatic ring is 1. The number of aromatic nitrogens is 6. The fourth-order valence-electron chi connectivity index (χ4n) is 5.35. The van der Waals surface area contributed by atoms with Gasteiger partial charge in [0.1, 0.15) is 39.3 Å². The van der Waals surface area contributed by atoms with Crippen LogP contribution in [0.1, 0.15) is 31.4 Å². The van der Waals surface area contributed by atoms with Gasteiger partial charge in [-0.2, -0.15) is 5.10 Å². The average molecular weight is 667 g/mol. The van der Waals surface area contributed by atoms with Crippen LogP contribution in [0, 0.1) is 5.82 Å². The highest BCUT2D eigenvalue weighted by Gasteiger charge is 2.36. The summed E-state index contributed by atoms with van der Waals surface area (Å²) in [6.07, 6.45) is 3.95. The van der Waals surface area contributed by atoms with E-state index in [9.17, 15) is 17.6 Å². The number of halogens is 2. The number of sulfonamides is 1. The topological polar surface area (TPSA) is 159 Å². The molecule has 3 N–H and O–H groups in total. The van der Waals surface area contributed by atoms with E-state index in [2.05, 4.69) is 19.7 Å². The highest BCUT2D eigenvalue weighted by Crippen LogP contribution is 2.39. The van der Waals surface area contributed by atoms with Crippen LogP contribution in [0.4, 0.5) is 15.9 Å². The summed E-state index contributed by atoms with van der Waals surface area (Å²) in [7, 11) is -2.24. The first-order chi connectivity index (χ1) is 21.6. The van der Waals surface area contributed by atoms with Crippen LogP contribution in [-0.2, 0) is 10.0 Å². The van der Waals surface area contributed by atoms with Gasteiger partial charge in [0.05, 0.1) is 29.4 Å². The Morgan fingerprint density at radius 1 is 1.18 bits per heavy atom. The maximum atomic E-state index is 14.4. The number of methoxy groups -OCH3 is 1. The molecule has 0 unspecified atom stereocenters. The number of pyridine rings is 2. The highest BCUT2D eigenvalue weighted by atomic mass is 35.5. The Morgan fingerprint density at radius 2 is 1.98 bits per heavy atom. The first-order valence-electron chi connectivity index (χ1n) is 13.7. The Hall–Kier alpha value is -4.60. The quantitative estimate of drug-likeness (QED) is 0.225. The summed E-state index contributed by atoms with van der Waals surface area (Å²) in [4.78, 5) is 27.5. The number of hydrogen-bond acceptors (Lipinski definition) is 10. The third-order valence-corrected chi connectivity index (χ3v) is 10.8. The lowest BCUT2D eigenvalue weighted by Gasteiger charge is -2.18. The minimum Gasteiger partial charge on any atom is -0.480 e. The minimum atomic E-state index is -3.63. The number of fused-ring (bicyclic) bond motifs is 2. The molecule has 6 aromatic rings. The third-order valence-electron chi connectivity index (χ3n) is 7.68. The Bertz CT molecular complexity index is 2320. The summed E-state index contributed by atoms with van der Waals surface area (Å²) in [5, 5.41) is 6.70. The summed E-state index contributed by atoms with van der Waals surface area (Å²) in [6, 6.07) is 8.53. The van der Waals surface area contributed by atoms with Crippen LogP contribution in [0.5, 0.6) is 5.88 Å². The number of anilines is 2. The molecule has 1 aromatic carbocycles. The van der Waals surface area contributed by atoms with Crippen molar-refractivity contribution in [2.24, 2.45) is 0 Å². The van der Waals surface area contributed by atoms with Gasteiger partial charge in [-0.1, -0.05) is 23.7 Å². The number of nitrogens with two attached hydrogens (primary N) is 1. The lowest BCUT2D eigenvalue weighted by Crippen LogP contribution is -2.20. The second kappa shape index (κ2) is 10.8. The van der Waals surface area contributed by atoms with E-state index in [1.165, 1.54) is 53.6 Å². The molecule has 5 heterocycles. The van der Waals surface area contributed by atoms with Gasteiger partial charge in [0.15, 0.2) is 5.65 Å². The Kier molecular flexibility index (Phi) is 6.98. The predicted octanol–water partition coefficient (Wildman–Crippen LogP) is 5.13. The predicted molar refractivity (Wildman–Crippen MR) is 171 cm³/mol. The molecule has 1 saturated carbocycles. The normalized spacial score (nSPS) is 14.2. The molecule has 230 valence electrons. The molecule has 1 aliphatic rings. The van der Waals surface area contributed by atoms with E-state index in [4.69, 9.17) is 27.2 Å². The average Bonchev–Trinajstić information content (AvgIpc) is 3.72. The first-order valence-corrected chi connectivity index (χ1v) is 16.5. The van der Waals surface area contributed by atoms with E-state index < -0.39 is 32.7 Å². The SMILES string of the molecule is COc1ncc(-c2nn([C@@H](C)c3cc4scc(Cl)n4c(=O)c3-c3cccc(F)c3)c3ncnc(N)c23)cc1NS(=O)(=O)C1CC1. The van der Waals surface area contributed by atoms with Crippen LogP contribution in [0.25, 0.3) is 38.2 Å². The van der Waals surface area contributed by atoms with E-state index in [-0.39, 0.29) is 28.1 Å². The molecule has 0 saturated heterocycles. The fraction of sp³-hybridized carbons (Fsp3) is 0.207. The lowest BCUT2D eigenvalue weighted by molar-refractivity contribution is 0.400. The summed E-state index contributed by atoms with van der Waals surface area (Å²) in [6.45, 7) is 1.83. The van der Waals surface area contributed by atoms with Gasteiger partial charge in [0.25, 0.3) is 5.56 Å². The molecule has 0 radical (unpaired) electrons.